The maximum absolute atomic E-state index is 11.4. The van der Waals surface area contributed by atoms with Crippen LogP contribution in [0.25, 0.3) is 0 Å². The molecule has 0 saturated heterocycles. The first-order valence-electron chi connectivity index (χ1n) is 6.50. The summed E-state index contributed by atoms with van der Waals surface area (Å²) in [7, 11) is 0. The Morgan fingerprint density at radius 3 is 2.72 bits per heavy atom. The highest BCUT2D eigenvalue weighted by Crippen LogP contribution is 2.32. The molecular weight excluding hydrogens is 230 g/mol. The topological polar surface area (TPSA) is 59.4 Å². The molecule has 1 N–H and O–H groups in total. The minimum Gasteiger partial charge on any atom is -0.479 e. The maximum Gasteiger partial charge on any atom is 0.335 e. The number of carbonyl (C=O) groups is 1. The number of pyridine rings is 1. The minimum absolute atomic E-state index is 0.420. The number of nitrogens with zero attached hydrogens (tertiary/aromatic N) is 1. The van der Waals surface area contributed by atoms with Crippen molar-refractivity contribution in [3.8, 4) is 0 Å². The molecule has 1 aromatic heterocycles. The Morgan fingerprint density at radius 2 is 2.11 bits per heavy atom. The van der Waals surface area contributed by atoms with E-state index in [1.165, 1.54) is 0 Å². The fraction of sp³-hybridized carbons (Fsp3) is 0.571. The van der Waals surface area contributed by atoms with E-state index in [0.717, 1.165) is 25.0 Å². The smallest absolute Gasteiger partial charge is 0.335 e. The molecule has 0 radical (unpaired) electrons. The van der Waals surface area contributed by atoms with Crippen LogP contribution < -0.4 is 0 Å². The van der Waals surface area contributed by atoms with Gasteiger partial charge in [-0.3, -0.25) is 4.98 Å². The first kappa shape index (κ1) is 13.0. The Morgan fingerprint density at radius 1 is 1.33 bits per heavy atom. The molecule has 0 spiro atoms. The van der Waals surface area contributed by atoms with Crippen molar-refractivity contribution in [3.63, 3.8) is 0 Å². The summed E-state index contributed by atoms with van der Waals surface area (Å²) in [5.41, 5.74) is -0.0126. The molecule has 4 nitrogen and oxygen atoms in total. The number of hydrogen-bond acceptors (Lipinski definition) is 3. The summed E-state index contributed by atoms with van der Waals surface area (Å²) in [4.78, 5) is 15.6. The second-order valence-electron chi connectivity index (χ2n) is 4.78. The number of carboxylic acids is 1. The highest BCUT2D eigenvalue weighted by atomic mass is 16.5. The Bertz CT molecular complexity index is 385. The first-order valence-corrected chi connectivity index (χ1v) is 6.50. The van der Waals surface area contributed by atoms with Gasteiger partial charge in [0.1, 0.15) is 0 Å². The molecule has 1 heterocycles. The van der Waals surface area contributed by atoms with Gasteiger partial charge in [0, 0.05) is 18.3 Å². The third-order valence-corrected chi connectivity index (χ3v) is 3.51. The van der Waals surface area contributed by atoms with Crippen LogP contribution in [0.2, 0.25) is 0 Å². The average molecular weight is 249 g/mol. The third-order valence-electron chi connectivity index (χ3n) is 3.51. The van der Waals surface area contributed by atoms with Gasteiger partial charge in [-0.1, -0.05) is 12.5 Å². The van der Waals surface area contributed by atoms with E-state index >= 15 is 0 Å². The number of carboxylic acid groups (broad SMARTS) is 1. The van der Waals surface area contributed by atoms with Gasteiger partial charge in [0.15, 0.2) is 5.60 Å². The lowest BCUT2D eigenvalue weighted by atomic mass is 9.84. The first-order chi connectivity index (χ1) is 8.73. The zero-order valence-electron chi connectivity index (χ0n) is 10.5. The second-order valence-corrected chi connectivity index (χ2v) is 4.78. The lowest BCUT2D eigenvalue weighted by Gasteiger charge is -2.33. The van der Waals surface area contributed by atoms with Gasteiger partial charge in [0.05, 0.1) is 6.61 Å². The van der Waals surface area contributed by atoms with Crippen LogP contribution >= 0.6 is 0 Å². The van der Waals surface area contributed by atoms with E-state index in [2.05, 4.69) is 4.98 Å². The summed E-state index contributed by atoms with van der Waals surface area (Å²) in [5.74, 6) is -0.816. The van der Waals surface area contributed by atoms with Gasteiger partial charge in [-0.15, -0.1) is 0 Å². The van der Waals surface area contributed by atoms with Crippen LogP contribution in [0.15, 0.2) is 24.4 Å². The Hall–Kier alpha value is -1.42. The van der Waals surface area contributed by atoms with Gasteiger partial charge in [-0.25, -0.2) is 4.79 Å². The summed E-state index contributed by atoms with van der Waals surface area (Å²) in [6, 6.07) is 5.72. The normalized spacial score (nSPS) is 18.4. The van der Waals surface area contributed by atoms with Crippen LogP contribution in [0, 0.1) is 0 Å². The summed E-state index contributed by atoms with van der Waals surface area (Å²) < 4.78 is 5.70. The molecule has 0 atom stereocenters. The van der Waals surface area contributed by atoms with Gasteiger partial charge < -0.3 is 9.84 Å². The fourth-order valence-electron chi connectivity index (χ4n) is 2.44. The number of rotatable bonds is 5. The predicted molar refractivity (Wildman–Crippen MR) is 67.3 cm³/mol. The van der Waals surface area contributed by atoms with Crippen LogP contribution in [0.3, 0.4) is 0 Å². The van der Waals surface area contributed by atoms with Crippen molar-refractivity contribution in [2.24, 2.45) is 0 Å². The van der Waals surface area contributed by atoms with E-state index in [9.17, 15) is 9.90 Å². The highest BCUT2D eigenvalue weighted by molar-refractivity contribution is 5.77. The van der Waals surface area contributed by atoms with E-state index in [1.54, 1.807) is 6.20 Å². The SMILES string of the molecule is O=C(O)C1(OCCc2ccccn2)CCCCC1. The molecule has 1 aromatic rings. The van der Waals surface area contributed by atoms with Gasteiger partial charge in [0.25, 0.3) is 0 Å². The minimum atomic E-state index is -0.951. The van der Waals surface area contributed by atoms with E-state index < -0.39 is 11.6 Å². The number of aliphatic carboxylic acids is 1. The Balaban J connectivity index is 1.88. The molecule has 4 heteroatoms. The number of hydrogen-bond donors (Lipinski definition) is 1. The summed E-state index contributed by atoms with van der Waals surface area (Å²) in [6.45, 7) is 0.420. The monoisotopic (exact) mass is 249 g/mol. The fourth-order valence-corrected chi connectivity index (χ4v) is 2.44. The van der Waals surface area contributed by atoms with Crippen molar-refractivity contribution in [2.75, 3.05) is 6.61 Å². The molecule has 0 aromatic carbocycles. The predicted octanol–water partition coefficient (Wildman–Crippen LogP) is 2.43. The van der Waals surface area contributed by atoms with Crippen molar-refractivity contribution in [1.29, 1.82) is 0 Å². The molecule has 1 fully saturated rings. The van der Waals surface area contributed by atoms with Gasteiger partial charge >= 0.3 is 5.97 Å². The zero-order chi connectivity index (χ0) is 12.8. The number of aromatic nitrogens is 1. The lowest BCUT2D eigenvalue weighted by molar-refractivity contribution is -0.170. The van der Waals surface area contributed by atoms with Crippen molar-refractivity contribution >= 4 is 5.97 Å². The average Bonchev–Trinajstić information content (AvgIpc) is 2.41. The van der Waals surface area contributed by atoms with Crippen molar-refractivity contribution in [2.45, 2.75) is 44.1 Å². The van der Waals surface area contributed by atoms with E-state index in [4.69, 9.17) is 4.74 Å². The van der Waals surface area contributed by atoms with Gasteiger partial charge in [-0.2, -0.15) is 0 Å². The standard InChI is InChI=1S/C14H19NO3/c16-13(17)14(8-3-1-4-9-14)18-11-7-12-6-2-5-10-15-12/h2,5-6,10H,1,3-4,7-9,11H2,(H,16,17). The van der Waals surface area contributed by atoms with Crippen molar-refractivity contribution in [3.05, 3.63) is 30.1 Å². The Kier molecular flexibility index (Phi) is 4.31. The largest absolute Gasteiger partial charge is 0.479 e. The van der Waals surface area contributed by atoms with Crippen LogP contribution in [0.1, 0.15) is 37.8 Å². The van der Waals surface area contributed by atoms with E-state index in [0.29, 0.717) is 25.9 Å². The third kappa shape index (κ3) is 3.07. The molecule has 2 rings (SSSR count). The molecule has 1 aliphatic rings. The molecule has 98 valence electrons. The van der Waals surface area contributed by atoms with Crippen LogP contribution in [-0.4, -0.2) is 28.3 Å². The zero-order valence-corrected chi connectivity index (χ0v) is 10.5. The van der Waals surface area contributed by atoms with E-state index in [1.807, 2.05) is 18.2 Å². The van der Waals surface area contributed by atoms with Crippen LogP contribution in [-0.2, 0) is 16.0 Å². The Labute approximate surface area is 107 Å². The van der Waals surface area contributed by atoms with Gasteiger partial charge in [0.2, 0.25) is 0 Å². The van der Waals surface area contributed by atoms with Crippen LogP contribution in [0.5, 0.6) is 0 Å². The summed E-state index contributed by atoms with van der Waals surface area (Å²) in [6.07, 6.45) is 6.65. The lowest BCUT2D eigenvalue weighted by Crippen LogP contribution is -2.43. The molecule has 0 amide bonds. The second kappa shape index (κ2) is 5.96. The summed E-state index contributed by atoms with van der Waals surface area (Å²) >= 11 is 0. The molecule has 0 unspecified atom stereocenters. The quantitative estimate of drug-likeness (QED) is 0.870. The molecule has 1 aliphatic carbocycles. The maximum atomic E-state index is 11.4. The number of ether oxygens (including phenoxy) is 1. The van der Waals surface area contributed by atoms with E-state index in [-0.39, 0.29) is 0 Å². The molecular formula is C14H19NO3. The van der Waals surface area contributed by atoms with Crippen LogP contribution in [0.4, 0.5) is 0 Å². The van der Waals surface area contributed by atoms with Crippen molar-refractivity contribution < 1.29 is 14.6 Å². The highest BCUT2D eigenvalue weighted by Gasteiger charge is 2.40. The molecule has 18 heavy (non-hydrogen) atoms. The molecule has 0 bridgehead atoms. The van der Waals surface area contributed by atoms with Gasteiger partial charge in [-0.05, 0) is 37.8 Å². The summed E-state index contributed by atoms with van der Waals surface area (Å²) in [5, 5.41) is 9.35. The van der Waals surface area contributed by atoms with Crippen molar-refractivity contribution in [1.82, 2.24) is 4.98 Å². The molecule has 0 aliphatic heterocycles. The molecule has 1 saturated carbocycles.